The summed E-state index contributed by atoms with van der Waals surface area (Å²) in [5, 5.41) is 13.7. The molecule has 4 rings (SSSR count). The molecular weight excluding hydrogens is 336 g/mol. The van der Waals surface area contributed by atoms with Crippen LogP contribution in [0.1, 0.15) is 27.5 Å². The highest BCUT2D eigenvalue weighted by atomic mass is 16.3. The maximum Gasteiger partial charge on any atom is 0.191 e. The minimum absolute atomic E-state index is 0.00643. The Morgan fingerprint density at radius 1 is 0.963 bits per heavy atom. The normalized spacial score (nSPS) is 12.0. The third-order valence-corrected chi connectivity index (χ3v) is 4.67. The maximum absolute atomic E-state index is 13.4. The number of para-hydroxylation sites is 1. The maximum atomic E-state index is 13.4. The van der Waals surface area contributed by atoms with Crippen LogP contribution in [0.3, 0.4) is 0 Å². The zero-order valence-electron chi connectivity index (χ0n) is 14.7. The van der Waals surface area contributed by atoms with Crippen LogP contribution in [0.15, 0.2) is 85.1 Å². The predicted molar refractivity (Wildman–Crippen MR) is 108 cm³/mol. The second-order valence-corrected chi connectivity index (χ2v) is 6.46. The van der Waals surface area contributed by atoms with Crippen LogP contribution in [0.25, 0.3) is 10.9 Å². The molecule has 3 N–H and O–H groups in total. The largest absolute Gasteiger partial charge is 0.392 e. The lowest BCUT2D eigenvalue weighted by Crippen LogP contribution is -2.21. The van der Waals surface area contributed by atoms with E-state index in [9.17, 15) is 9.90 Å². The Labute approximate surface area is 157 Å². The molecule has 1 aromatic heterocycles. The van der Waals surface area contributed by atoms with Crippen LogP contribution < -0.4 is 5.32 Å². The molecule has 0 aliphatic heterocycles. The zero-order valence-corrected chi connectivity index (χ0v) is 14.7. The molecule has 0 saturated carbocycles. The van der Waals surface area contributed by atoms with Crippen LogP contribution >= 0.6 is 0 Å². The summed E-state index contributed by atoms with van der Waals surface area (Å²) in [4.78, 5) is 16.6. The fraction of sp³-hybridized carbons (Fsp3) is 0.0870. The number of ketones is 1. The molecule has 27 heavy (non-hydrogen) atoms. The molecule has 0 aliphatic rings. The van der Waals surface area contributed by atoms with Crippen molar-refractivity contribution in [2.75, 3.05) is 5.32 Å². The predicted octanol–water partition coefficient (Wildman–Crippen LogP) is 4.70. The SMILES string of the molecule is O=C(c1c[nH]c2ccccc12)C(Nc1cccc(CO)c1)c1ccccc1. The van der Waals surface area contributed by atoms with Crippen LogP contribution in [0.5, 0.6) is 0 Å². The molecule has 1 unspecified atom stereocenters. The molecule has 0 saturated heterocycles. The molecule has 0 fully saturated rings. The number of hydrogen-bond donors (Lipinski definition) is 3. The number of anilines is 1. The molecule has 0 spiro atoms. The van der Waals surface area contributed by atoms with Gasteiger partial charge in [-0.1, -0.05) is 60.7 Å². The van der Waals surface area contributed by atoms with Gasteiger partial charge in [-0.15, -0.1) is 0 Å². The van der Waals surface area contributed by atoms with E-state index in [1.54, 1.807) is 6.20 Å². The fourth-order valence-corrected chi connectivity index (χ4v) is 3.30. The third kappa shape index (κ3) is 3.48. The summed E-state index contributed by atoms with van der Waals surface area (Å²) in [5.41, 5.74) is 4.08. The van der Waals surface area contributed by atoms with Crippen molar-refractivity contribution in [1.82, 2.24) is 4.98 Å². The van der Waals surface area contributed by atoms with Gasteiger partial charge in [-0.3, -0.25) is 4.79 Å². The molecule has 0 aliphatic carbocycles. The Hall–Kier alpha value is -3.37. The van der Waals surface area contributed by atoms with Crippen molar-refractivity contribution in [1.29, 1.82) is 0 Å². The Morgan fingerprint density at radius 3 is 2.56 bits per heavy atom. The van der Waals surface area contributed by atoms with Crippen molar-refractivity contribution in [2.24, 2.45) is 0 Å². The van der Waals surface area contributed by atoms with Gasteiger partial charge < -0.3 is 15.4 Å². The van der Waals surface area contributed by atoms with E-state index in [1.807, 2.05) is 78.9 Å². The van der Waals surface area contributed by atoms with E-state index in [0.717, 1.165) is 27.7 Å². The molecule has 0 bridgehead atoms. The molecule has 1 atom stereocenters. The van der Waals surface area contributed by atoms with Gasteiger partial charge in [0.2, 0.25) is 0 Å². The number of Topliss-reactive ketones (excluding diaryl/α,β-unsaturated/α-hetero) is 1. The quantitative estimate of drug-likeness (QED) is 0.439. The van der Waals surface area contributed by atoms with E-state index in [0.29, 0.717) is 5.56 Å². The highest BCUT2D eigenvalue weighted by Gasteiger charge is 2.24. The van der Waals surface area contributed by atoms with Crippen LogP contribution in [0, 0.1) is 0 Å². The summed E-state index contributed by atoms with van der Waals surface area (Å²) in [6.45, 7) is -0.0398. The average molecular weight is 356 g/mol. The molecule has 3 aromatic carbocycles. The van der Waals surface area contributed by atoms with Gasteiger partial charge in [0, 0.05) is 28.4 Å². The number of carbonyl (C=O) groups excluding carboxylic acids is 1. The van der Waals surface area contributed by atoms with Gasteiger partial charge >= 0.3 is 0 Å². The third-order valence-electron chi connectivity index (χ3n) is 4.67. The fourth-order valence-electron chi connectivity index (χ4n) is 3.30. The second-order valence-electron chi connectivity index (χ2n) is 6.46. The first kappa shape index (κ1) is 17.1. The van der Waals surface area contributed by atoms with Gasteiger partial charge in [0.05, 0.1) is 6.61 Å². The number of nitrogens with one attached hydrogen (secondary N) is 2. The number of aromatic amines is 1. The molecule has 1 heterocycles. The van der Waals surface area contributed by atoms with Crippen molar-refractivity contribution in [3.05, 3.63) is 102 Å². The van der Waals surface area contributed by atoms with Crippen molar-refractivity contribution in [2.45, 2.75) is 12.6 Å². The topological polar surface area (TPSA) is 65.1 Å². The second kappa shape index (κ2) is 7.48. The Kier molecular flexibility index (Phi) is 4.73. The van der Waals surface area contributed by atoms with Crippen molar-refractivity contribution in [3.8, 4) is 0 Å². The Morgan fingerprint density at radius 2 is 1.74 bits per heavy atom. The summed E-state index contributed by atoms with van der Waals surface area (Å²) in [6.07, 6.45) is 1.77. The lowest BCUT2D eigenvalue weighted by Gasteiger charge is -2.19. The van der Waals surface area contributed by atoms with Gasteiger partial charge in [0.15, 0.2) is 5.78 Å². The molecular formula is C23H20N2O2. The number of rotatable bonds is 6. The minimum Gasteiger partial charge on any atom is -0.392 e. The van der Waals surface area contributed by atoms with E-state index in [1.165, 1.54) is 0 Å². The summed E-state index contributed by atoms with van der Waals surface area (Å²) < 4.78 is 0. The first-order valence-electron chi connectivity index (χ1n) is 8.88. The van der Waals surface area contributed by atoms with Crippen molar-refractivity contribution >= 4 is 22.4 Å². The Balaban J connectivity index is 1.74. The number of hydrogen-bond acceptors (Lipinski definition) is 3. The molecule has 4 heteroatoms. The lowest BCUT2D eigenvalue weighted by atomic mass is 9.96. The number of H-pyrrole nitrogens is 1. The van der Waals surface area contributed by atoms with Crippen LogP contribution in [-0.4, -0.2) is 15.9 Å². The number of aliphatic hydroxyl groups excluding tert-OH is 1. The van der Waals surface area contributed by atoms with E-state index in [4.69, 9.17) is 0 Å². The van der Waals surface area contributed by atoms with Crippen molar-refractivity contribution in [3.63, 3.8) is 0 Å². The molecule has 4 nitrogen and oxygen atoms in total. The van der Waals surface area contributed by atoms with Crippen molar-refractivity contribution < 1.29 is 9.90 Å². The minimum atomic E-state index is -0.528. The molecule has 0 amide bonds. The Bertz CT molecular complexity index is 1070. The highest BCUT2D eigenvalue weighted by Crippen LogP contribution is 2.28. The number of carbonyl (C=O) groups is 1. The average Bonchev–Trinajstić information content (AvgIpc) is 3.16. The van der Waals surface area contributed by atoms with E-state index in [-0.39, 0.29) is 12.4 Å². The van der Waals surface area contributed by atoms with Gasteiger partial charge in [0.25, 0.3) is 0 Å². The summed E-state index contributed by atoms with van der Waals surface area (Å²) in [6, 6.07) is 24.4. The van der Waals surface area contributed by atoms with E-state index < -0.39 is 6.04 Å². The summed E-state index contributed by atoms with van der Waals surface area (Å²) >= 11 is 0. The van der Waals surface area contributed by atoms with Gasteiger partial charge in [0.1, 0.15) is 6.04 Å². The van der Waals surface area contributed by atoms with E-state index >= 15 is 0 Å². The van der Waals surface area contributed by atoms with Crippen LogP contribution in [-0.2, 0) is 6.61 Å². The molecule has 0 radical (unpaired) electrons. The van der Waals surface area contributed by atoms with E-state index in [2.05, 4.69) is 10.3 Å². The molecule has 4 aromatic rings. The van der Waals surface area contributed by atoms with Crippen LogP contribution in [0.2, 0.25) is 0 Å². The monoisotopic (exact) mass is 356 g/mol. The van der Waals surface area contributed by atoms with Crippen LogP contribution in [0.4, 0.5) is 5.69 Å². The number of benzene rings is 3. The highest BCUT2D eigenvalue weighted by molar-refractivity contribution is 6.11. The number of fused-ring (bicyclic) bond motifs is 1. The number of aliphatic hydroxyl groups is 1. The smallest absolute Gasteiger partial charge is 0.191 e. The first-order valence-corrected chi connectivity index (χ1v) is 8.88. The van der Waals surface area contributed by atoms with Gasteiger partial charge in [-0.05, 0) is 29.3 Å². The standard InChI is InChI=1S/C23H20N2O2/c26-15-16-7-6-10-18(13-16)25-22(17-8-2-1-3-9-17)23(27)20-14-24-21-12-5-4-11-19(20)21/h1-14,22,24-26H,15H2. The van der Waals surface area contributed by atoms with Gasteiger partial charge in [-0.2, -0.15) is 0 Å². The lowest BCUT2D eigenvalue weighted by molar-refractivity contribution is 0.0971. The number of aromatic nitrogens is 1. The first-order chi connectivity index (χ1) is 13.3. The summed E-state index contributed by atoms with van der Waals surface area (Å²) in [5.74, 6) is -0.00643. The molecule has 134 valence electrons. The zero-order chi connectivity index (χ0) is 18.6. The van der Waals surface area contributed by atoms with Gasteiger partial charge in [-0.25, -0.2) is 0 Å². The summed E-state index contributed by atoms with van der Waals surface area (Å²) in [7, 11) is 0.